The van der Waals surface area contributed by atoms with Crippen molar-refractivity contribution in [3.63, 3.8) is 0 Å². The molecule has 1 aliphatic carbocycles. The zero-order valence-electron chi connectivity index (χ0n) is 34.6. The highest BCUT2D eigenvalue weighted by Crippen LogP contribution is 2.65. The molecule has 0 radical (unpaired) electrons. The molecule has 53 heavy (non-hydrogen) atoms. The van der Waals surface area contributed by atoms with Gasteiger partial charge < -0.3 is 14.4 Å². The molecule has 0 aromatic heterocycles. The number of hydrogen-bond acceptors (Lipinski definition) is 9. The lowest BCUT2D eigenvalue weighted by Crippen LogP contribution is -2.51. The van der Waals surface area contributed by atoms with Crippen LogP contribution in [0.3, 0.4) is 0 Å². The zero-order valence-corrected chi connectivity index (χ0v) is 36.4. The summed E-state index contributed by atoms with van der Waals surface area (Å²) in [5.74, 6) is -4.04. The van der Waals surface area contributed by atoms with Crippen LogP contribution < -0.4 is 0 Å². The maximum Gasteiger partial charge on any atom is 0.307 e. The van der Waals surface area contributed by atoms with Crippen LogP contribution in [0.15, 0.2) is 12.7 Å². The summed E-state index contributed by atoms with van der Waals surface area (Å²) in [4.78, 5) is 68.9. The summed E-state index contributed by atoms with van der Waals surface area (Å²) in [6.07, 6.45) is 5.15. The van der Waals surface area contributed by atoms with Crippen molar-refractivity contribution in [2.75, 3.05) is 25.4 Å². The molecule has 304 valence electrons. The van der Waals surface area contributed by atoms with Crippen molar-refractivity contribution < 1.29 is 41.9 Å². The van der Waals surface area contributed by atoms with Gasteiger partial charge in [0.2, 0.25) is 15.9 Å². The molecule has 2 rings (SSSR count). The Balaban J connectivity index is 2.49. The van der Waals surface area contributed by atoms with Gasteiger partial charge in [-0.3, -0.25) is 24.0 Å². The van der Waals surface area contributed by atoms with E-state index in [9.17, 15) is 32.4 Å². The lowest BCUT2D eigenvalue weighted by Gasteiger charge is -2.35. The molecule has 13 heteroatoms. The fraction of sp³-hybridized carbons (Fsp3) is 0.825. The van der Waals surface area contributed by atoms with E-state index in [2.05, 4.69) is 47.0 Å². The van der Waals surface area contributed by atoms with Crippen LogP contribution in [0, 0.1) is 29.1 Å². The Hall–Kier alpha value is -2.38. The summed E-state index contributed by atoms with van der Waals surface area (Å²) in [7, 11) is -5.50. The second kappa shape index (κ2) is 19.5. The fourth-order valence-electron chi connectivity index (χ4n) is 7.59. The Kier molecular flexibility index (Phi) is 17.2. The molecule has 6 atom stereocenters. The van der Waals surface area contributed by atoms with E-state index in [0.717, 1.165) is 25.7 Å². The number of likely N-dealkylation sites (tertiary alicyclic amines) is 1. The van der Waals surface area contributed by atoms with Crippen molar-refractivity contribution in [2.45, 2.75) is 157 Å². The number of rotatable bonds is 24. The maximum atomic E-state index is 14.7. The monoisotopic (exact) mass is 782 g/mol. The lowest BCUT2D eigenvalue weighted by molar-refractivity contribution is -0.159. The molecule has 1 aliphatic heterocycles. The number of amides is 1. The van der Waals surface area contributed by atoms with Crippen LogP contribution >= 0.6 is 0 Å². The standard InChI is InChI=1S/C40H70N2O9SSi/c1-13-15-17-18-19-21-41(52(48,49)22-23-53(10,11)12)26-30(25-34(46)51-39(5,6)7)38(47)42-27-31-35(40(31,8)9)36(42)33(45)24-28(3)37(50-29(4)43)32(44)20-16-14-2/h14,28,30-31,35-37H,2,13,15-27H2,1,3-12H3/t28-,30+,31+,35+,36-,37?/m1/s1. The average Bonchev–Trinajstić information content (AvgIpc) is 3.33. The van der Waals surface area contributed by atoms with Crippen LogP contribution in [0.25, 0.3) is 0 Å². The predicted molar refractivity (Wildman–Crippen MR) is 211 cm³/mol. The SMILES string of the molecule is C=CCCC(=O)C(OC(C)=O)[C@H](C)CC(=O)[C@@H]1[C@@H]2[C@H](CN1C(=O)[C@@H](CC(=O)OC(C)(C)C)CN(CCCCCCC)S(=O)(=O)CC[Si](C)(C)C)C2(C)C. The molecule has 2 fully saturated rings. The third-order valence-electron chi connectivity index (χ3n) is 10.7. The van der Waals surface area contributed by atoms with E-state index in [1.807, 2.05) is 0 Å². The second-order valence-corrected chi connectivity index (χ2v) is 26.0. The summed E-state index contributed by atoms with van der Waals surface area (Å²) >= 11 is 0. The molecule has 1 heterocycles. The van der Waals surface area contributed by atoms with Gasteiger partial charge >= 0.3 is 11.9 Å². The fourth-order valence-corrected chi connectivity index (χ4v) is 12.1. The Morgan fingerprint density at radius 3 is 2.21 bits per heavy atom. The van der Waals surface area contributed by atoms with Crippen LogP contribution in [0.5, 0.6) is 0 Å². The summed E-state index contributed by atoms with van der Waals surface area (Å²) in [5, 5.41) is 0. The number of fused-ring (bicyclic) bond motifs is 1. The van der Waals surface area contributed by atoms with Crippen molar-refractivity contribution in [1.82, 2.24) is 9.21 Å². The van der Waals surface area contributed by atoms with Crippen LogP contribution in [0.2, 0.25) is 25.7 Å². The minimum Gasteiger partial charge on any atom is -0.460 e. The number of ketones is 2. The molecule has 0 aromatic rings. The third kappa shape index (κ3) is 14.3. The lowest BCUT2D eigenvalue weighted by atomic mass is 9.88. The molecule has 1 saturated carbocycles. The molecule has 11 nitrogen and oxygen atoms in total. The van der Waals surface area contributed by atoms with E-state index >= 15 is 0 Å². The highest BCUT2D eigenvalue weighted by atomic mass is 32.2. The molecule has 2 aliphatic rings. The van der Waals surface area contributed by atoms with E-state index in [1.165, 1.54) is 11.2 Å². The van der Waals surface area contributed by atoms with E-state index in [-0.39, 0.29) is 66.9 Å². The number of piperidine rings is 1. The average molecular weight is 783 g/mol. The first-order valence-electron chi connectivity index (χ1n) is 19.7. The molecule has 1 unspecified atom stereocenters. The van der Waals surface area contributed by atoms with Gasteiger partial charge in [0.1, 0.15) is 5.60 Å². The van der Waals surface area contributed by atoms with Crippen LogP contribution in [0.4, 0.5) is 0 Å². The molecular formula is C40H70N2O9SSi. The smallest absolute Gasteiger partial charge is 0.307 e. The predicted octanol–water partition coefficient (Wildman–Crippen LogP) is 6.82. The van der Waals surface area contributed by atoms with Crippen molar-refractivity contribution in [3.05, 3.63) is 12.7 Å². The van der Waals surface area contributed by atoms with Gasteiger partial charge in [-0.2, -0.15) is 0 Å². The van der Waals surface area contributed by atoms with Gasteiger partial charge in [0, 0.05) is 53.4 Å². The van der Waals surface area contributed by atoms with E-state index in [1.54, 1.807) is 38.7 Å². The van der Waals surface area contributed by atoms with Crippen molar-refractivity contribution in [3.8, 4) is 0 Å². The normalized spacial score (nSPS) is 21.4. The maximum absolute atomic E-state index is 14.7. The molecule has 0 spiro atoms. The van der Waals surface area contributed by atoms with Crippen molar-refractivity contribution >= 4 is 47.5 Å². The van der Waals surface area contributed by atoms with Crippen LogP contribution in [-0.4, -0.2) is 98.2 Å². The van der Waals surface area contributed by atoms with Gasteiger partial charge in [-0.15, -0.1) is 6.58 Å². The minimum absolute atomic E-state index is 0.0267. The topological polar surface area (TPSA) is 144 Å². The first kappa shape index (κ1) is 46.8. The number of Topliss-reactive ketones (excluding diaryl/α,β-unsaturated/α-hetero) is 2. The number of sulfonamides is 1. The van der Waals surface area contributed by atoms with Gasteiger partial charge in [0.15, 0.2) is 17.7 Å². The molecule has 1 saturated heterocycles. The number of esters is 2. The molecule has 0 N–H and O–H groups in total. The third-order valence-corrected chi connectivity index (χ3v) is 14.6. The van der Waals surface area contributed by atoms with Gasteiger partial charge in [-0.05, 0) is 56.9 Å². The second-order valence-electron chi connectivity index (χ2n) is 18.2. The number of unbranched alkanes of at least 4 members (excludes halogenated alkanes) is 4. The largest absolute Gasteiger partial charge is 0.460 e. The minimum atomic E-state index is -3.77. The first-order chi connectivity index (χ1) is 24.4. The summed E-state index contributed by atoms with van der Waals surface area (Å²) in [6, 6.07) is -0.255. The van der Waals surface area contributed by atoms with Gasteiger partial charge in [0.05, 0.1) is 24.1 Å². The van der Waals surface area contributed by atoms with Crippen molar-refractivity contribution in [2.24, 2.45) is 29.1 Å². The summed E-state index contributed by atoms with van der Waals surface area (Å²) < 4.78 is 40.4. The Morgan fingerprint density at radius 2 is 1.66 bits per heavy atom. The number of allylic oxidation sites excluding steroid dienone is 1. The van der Waals surface area contributed by atoms with E-state index in [4.69, 9.17) is 9.47 Å². The number of carbonyl (C=O) groups excluding carboxylic acids is 5. The van der Waals surface area contributed by atoms with E-state index in [0.29, 0.717) is 25.4 Å². The number of ether oxygens (including phenoxy) is 2. The quantitative estimate of drug-likeness (QED) is 0.0446. The van der Waals surface area contributed by atoms with Crippen LogP contribution in [-0.2, 0) is 43.5 Å². The Bertz CT molecular complexity index is 1420. The first-order valence-corrected chi connectivity index (χ1v) is 25.0. The zero-order chi connectivity index (χ0) is 40.5. The summed E-state index contributed by atoms with van der Waals surface area (Å²) in [5.41, 5.74) is -1.02. The van der Waals surface area contributed by atoms with Crippen molar-refractivity contribution in [1.29, 1.82) is 0 Å². The number of carbonyl (C=O) groups is 5. The molecule has 1 amide bonds. The van der Waals surface area contributed by atoms with Gasteiger partial charge in [0.25, 0.3) is 0 Å². The highest BCUT2D eigenvalue weighted by molar-refractivity contribution is 7.89. The molecule has 0 bridgehead atoms. The Labute approximate surface area is 321 Å². The summed E-state index contributed by atoms with van der Waals surface area (Å²) in [6.45, 7) is 24.8. The van der Waals surface area contributed by atoms with Gasteiger partial charge in [-0.1, -0.05) is 79.1 Å². The van der Waals surface area contributed by atoms with Gasteiger partial charge in [-0.25, -0.2) is 12.7 Å². The van der Waals surface area contributed by atoms with Crippen LogP contribution in [0.1, 0.15) is 113 Å². The number of hydrogen-bond donors (Lipinski definition) is 0. The van der Waals surface area contributed by atoms with E-state index < -0.39 is 65.5 Å². The molecule has 0 aromatic carbocycles. The Morgan fingerprint density at radius 1 is 1.04 bits per heavy atom. The molecular weight excluding hydrogens is 713 g/mol. The number of nitrogens with zero attached hydrogens (tertiary/aromatic N) is 2. The highest BCUT2D eigenvalue weighted by Gasteiger charge is 2.69.